The number of pyridine rings is 1. The molecule has 0 radical (unpaired) electrons. The van der Waals surface area contributed by atoms with Crippen LogP contribution < -0.4 is 4.90 Å². The quantitative estimate of drug-likeness (QED) is 0.750. The summed E-state index contributed by atoms with van der Waals surface area (Å²) in [4.78, 5) is 6.01. The van der Waals surface area contributed by atoms with Crippen LogP contribution in [-0.4, -0.2) is 30.1 Å². The van der Waals surface area contributed by atoms with Gasteiger partial charge in [-0.25, -0.2) is 4.98 Å². The molecule has 1 aromatic heterocycles. The Morgan fingerprint density at radius 2 is 2.31 bits per heavy atom. The SMILES string of the molecule is CN(C)c1ncccc1C(O)CCl. The molecule has 0 spiro atoms. The molecule has 0 aliphatic rings. The fraction of sp³-hybridized carbons (Fsp3) is 0.444. The van der Waals surface area contributed by atoms with Crippen molar-refractivity contribution in [3.05, 3.63) is 23.9 Å². The van der Waals surface area contributed by atoms with Gasteiger partial charge in [-0.15, -0.1) is 11.6 Å². The summed E-state index contributed by atoms with van der Waals surface area (Å²) >= 11 is 5.57. The van der Waals surface area contributed by atoms with Gasteiger partial charge in [0.1, 0.15) is 5.82 Å². The van der Waals surface area contributed by atoms with Crippen molar-refractivity contribution < 1.29 is 5.11 Å². The van der Waals surface area contributed by atoms with Gasteiger partial charge >= 0.3 is 0 Å². The standard InChI is InChI=1S/C9H13ClN2O/c1-12(2)9-7(8(13)6-10)4-3-5-11-9/h3-5,8,13H,6H2,1-2H3. The lowest BCUT2D eigenvalue weighted by Crippen LogP contribution is -2.15. The number of aliphatic hydroxyl groups is 1. The Kier molecular flexibility index (Phi) is 3.51. The number of aromatic nitrogens is 1. The van der Waals surface area contributed by atoms with Crippen LogP contribution in [0.4, 0.5) is 5.82 Å². The van der Waals surface area contributed by atoms with Crippen LogP contribution >= 0.6 is 11.6 Å². The molecule has 1 heterocycles. The van der Waals surface area contributed by atoms with Crippen LogP contribution in [0.1, 0.15) is 11.7 Å². The van der Waals surface area contributed by atoms with Crippen molar-refractivity contribution >= 4 is 17.4 Å². The maximum absolute atomic E-state index is 9.56. The van der Waals surface area contributed by atoms with Crippen molar-refractivity contribution in [1.82, 2.24) is 4.98 Å². The van der Waals surface area contributed by atoms with E-state index in [2.05, 4.69) is 4.98 Å². The largest absolute Gasteiger partial charge is 0.387 e. The minimum Gasteiger partial charge on any atom is -0.387 e. The van der Waals surface area contributed by atoms with Crippen LogP contribution in [0.5, 0.6) is 0 Å². The van der Waals surface area contributed by atoms with E-state index in [4.69, 9.17) is 11.6 Å². The topological polar surface area (TPSA) is 36.4 Å². The van der Waals surface area contributed by atoms with E-state index < -0.39 is 6.10 Å². The Balaban J connectivity index is 3.04. The van der Waals surface area contributed by atoms with Gasteiger partial charge in [0.2, 0.25) is 0 Å². The van der Waals surface area contributed by atoms with Gasteiger partial charge in [-0.05, 0) is 6.07 Å². The highest BCUT2D eigenvalue weighted by Crippen LogP contribution is 2.22. The van der Waals surface area contributed by atoms with Crippen molar-refractivity contribution in [3.8, 4) is 0 Å². The summed E-state index contributed by atoms with van der Waals surface area (Å²) in [5.41, 5.74) is 0.766. The molecule has 0 aromatic carbocycles. The number of rotatable bonds is 3. The summed E-state index contributed by atoms with van der Waals surface area (Å²) in [7, 11) is 3.76. The average Bonchev–Trinajstić information content (AvgIpc) is 2.16. The van der Waals surface area contributed by atoms with Gasteiger partial charge in [-0.2, -0.15) is 0 Å². The molecule has 1 aromatic rings. The fourth-order valence-corrected chi connectivity index (χ4v) is 1.29. The number of halogens is 1. The van der Waals surface area contributed by atoms with Crippen molar-refractivity contribution in [2.75, 3.05) is 24.9 Å². The molecule has 3 nitrogen and oxygen atoms in total. The normalized spacial score (nSPS) is 12.6. The van der Waals surface area contributed by atoms with Gasteiger partial charge in [-0.3, -0.25) is 0 Å². The lowest BCUT2D eigenvalue weighted by molar-refractivity contribution is 0.202. The molecule has 0 saturated carbocycles. The first-order valence-electron chi connectivity index (χ1n) is 4.03. The van der Waals surface area contributed by atoms with Crippen LogP contribution in [0.25, 0.3) is 0 Å². The second-order valence-corrected chi connectivity index (χ2v) is 3.29. The molecule has 0 saturated heterocycles. The third-order valence-corrected chi connectivity index (χ3v) is 2.04. The highest BCUT2D eigenvalue weighted by Gasteiger charge is 2.12. The highest BCUT2D eigenvalue weighted by atomic mass is 35.5. The van der Waals surface area contributed by atoms with Gasteiger partial charge in [0, 0.05) is 25.9 Å². The number of alkyl halides is 1. The molecule has 13 heavy (non-hydrogen) atoms. The van der Waals surface area contributed by atoms with E-state index in [1.807, 2.05) is 25.1 Å². The number of nitrogens with zero attached hydrogens (tertiary/aromatic N) is 2. The Bertz CT molecular complexity index is 278. The van der Waals surface area contributed by atoms with Gasteiger partial charge in [0.05, 0.1) is 12.0 Å². The van der Waals surface area contributed by atoms with Crippen molar-refractivity contribution in [1.29, 1.82) is 0 Å². The predicted molar refractivity (Wildman–Crippen MR) is 54.2 cm³/mol. The van der Waals surface area contributed by atoms with E-state index in [1.54, 1.807) is 12.3 Å². The minimum atomic E-state index is -0.646. The third-order valence-electron chi connectivity index (χ3n) is 1.75. The number of aliphatic hydroxyl groups excluding tert-OH is 1. The second kappa shape index (κ2) is 4.44. The zero-order chi connectivity index (χ0) is 9.84. The molecule has 4 heteroatoms. The molecule has 1 unspecified atom stereocenters. The lowest BCUT2D eigenvalue weighted by atomic mass is 10.1. The minimum absolute atomic E-state index is 0.187. The first-order valence-corrected chi connectivity index (χ1v) is 4.56. The maximum atomic E-state index is 9.56. The van der Waals surface area contributed by atoms with Crippen molar-refractivity contribution in [2.45, 2.75) is 6.10 Å². The van der Waals surface area contributed by atoms with Gasteiger partial charge in [0.25, 0.3) is 0 Å². The maximum Gasteiger partial charge on any atom is 0.133 e. The Morgan fingerprint density at radius 1 is 1.62 bits per heavy atom. The van der Waals surface area contributed by atoms with Crippen molar-refractivity contribution in [2.24, 2.45) is 0 Å². The van der Waals surface area contributed by atoms with E-state index in [9.17, 15) is 5.11 Å². The Labute approximate surface area is 83.0 Å². The zero-order valence-corrected chi connectivity index (χ0v) is 8.49. The van der Waals surface area contributed by atoms with Crippen LogP contribution in [0.15, 0.2) is 18.3 Å². The van der Waals surface area contributed by atoms with E-state index in [0.717, 1.165) is 11.4 Å². The molecule has 0 bridgehead atoms. The van der Waals surface area contributed by atoms with Crippen LogP contribution in [0.3, 0.4) is 0 Å². The summed E-state index contributed by atoms with van der Waals surface area (Å²) in [6.07, 6.45) is 1.05. The molecular formula is C9H13ClN2O. The molecule has 1 N–H and O–H groups in total. The molecule has 72 valence electrons. The summed E-state index contributed by atoms with van der Waals surface area (Å²) in [6, 6.07) is 3.62. The number of hydrogen-bond acceptors (Lipinski definition) is 3. The molecule has 0 amide bonds. The molecule has 0 fully saturated rings. The monoisotopic (exact) mass is 200 g/mol. The zero-order valence-electron chi connectivity index (χ0n) is 7.74. The molecular weight excluding hydrogens is 188 g/mol. The highest BCUT2D eigenvalue weighted by molar-refractivity contribution is 6.18. The lowest BCUT2D eigenvalue weighted by Gasteiger charge is -2.17. The van der Waals surface area contributed by atoms with Gasteiger partial charge in [-0.1, -0.05) is 6.07 Å². The van der Waals surface area contributed by atoms with Crippen molar-refractivity contribution in [3.63, 3.8) is 0 Å². The molecule has 1 rings (SSSR count). The van der Waals surface area contributed by atoms with Crippen LogP contribution in [-0.2, 0) is 0 Å². The average molecular weight is 201 g/mol. The summed E-state index contributed by atoms with van der Waals surface area (Å²) < 4.78 is 0. The summed E-state index contributed by atoms with van der Waals surface area (Å²) in [6.45, 7) is 0. The van der Waals surface area contributed by atoms with E-state index in [-0.39, 0.29) is 5.88 Å². The van der Waals surface area contributed by atoms with E-state index >= 15 is 0 Å². The van der Waals surface area contributed by atoms with Gasteiger partial charge in [0.15, 0.2) is 0 Å². The van der Waals surface area contributed by atoms with Crippen LogP contribution in [0, 0.1) is 0 Å². The second-order valence-electron chi connectivity index (χ2n) is 2.98. The fourth-order valence-electron chi connectivity index (χ4n) is 1.13. The first-order chi connectivity index (χ1) is 6.16. The molecule has 0 aliphatic heterocycles. The van der Waals surface area contributed by atoms with Crippen LogP contribution in [0.2, 0.25) is 0 Å². The van der Waals surface area contributed by atoms with E-state index in [1.165, 1.54) is 0 Å². The third kappa shape index (κ3) is 2.32. The smallest absolute Gasteiger partial charge is 0.133 e. The van der Waals surface area contributed by atoms with E-state index in [0.29, 0.717) is 0 Å². The number of anilines is 1. The summed E-state index contributed by atoms with van der Waals surface area (Å²) in [5.74, 6) is 0.947. The predicted octanol–water partition coefficient (Wildman–Crippen LogP) is 1.42. The molecule has 0 aliphatic carbocycles. The Hall–Kier alpha value is -0.800. The molecule has 1 atom stereocenters. The Morgan fingerprint density at radius 3 is 2.85 bits per heavy atom. The number of hydrogen-bond donors (Lipinski definition) is 1. The van der Waals surface area contributed by atoms with Gasteiger partial charge < -0.3 is 10.0 Å². The summed E-state index contributed by atoms with van der Waals surface area (Å²) in [5, 5.41) is 9.56. The first kappa shape index (κ1) is 10.3.